The molecule has 6 nitrogen and oxygen atoms in total. The van der Waals surface area contributed by atoms with E-state index in [9.17, 15) is 5.26 Å². The fourth-order valence-corrected chi connectivity index (χ4v) is 9.00. The second kappa shape index (κ2) is 15.4. The first-order valence-corrected chi connectivity index (χ1v) is 20.5. The molecule has 0 amide bonds. The Morgan fingerprint density at radius 2 is 1.65 bits per heavy atom. The number of aliphatic imine (C=N–C) groups is 2. The summed E-state index contributed by atoms with van der Waals surface area (Å²) < 4.78 is 15.1. The van der Waals surface area contributed by atoms with Crippen molar-refractivity contribution in [2.45, 2.75) is 32.6 Å². The lowest BCUT2D eigenvalue weighted by Crippen LogP contribution is -2.16. The second-order valence-electron chi connectivity index (χ2n) is 15.5. The molecule has 290 valence electrons. The monoisotopic (exact) mass is 778 g/mol. The Morgan fingerprint density at radius 1 is 0.867 bits per heavy atom. The minimum absolute atomic E-state index is 0.0175. The average Bonchev–Trinajstić information content (AvgIpc) is 3.96. The number of para-hydroxylation sites is 3. The Hall–Kier alpha value is -7.49. The van der Waals surface area contributed by atoms with Crippen LogP contribution >= 0.6 is 0 Å². The van der Waals surface area contributed by atoms with Gasteiger partial charge in [0.25, 0.3) is 0 Å². The largest absolute Gasteiger partial charge is 0.461 e. The maximum Gasteiger partial charge on any atom is 0.151 e. The summed E-state index contributed by atoms with van der Waals surface area (Å²) in [7, 11) is 0. The normalized spacial score (nSPS) is 18.4. The molecule has 0 radical (unpaired) electrons. The third-order valence-electron chi connectivity index (χ3n) is 12.0. The molecule has 6 heteroatoms. The minimum atomic E-state index is -0.0175. The maximum absolute atomic E-state index is 10.5. The van der Waals surface area contributed by atoms with Crippen LogP contribution in [0.3, 0.4) is 0 Å². The molecule has 2 aliphatic carbocycles. The van der Waals surface area contributed by atoms with E-state index in [0.717, 1.165) is 90.6 Å². The van der Waals surface area contributed by atoms with Crippen LogP contribution in [0.25, 0.3) is 55.0 Å². The van der Waals surface area contributed by atoms with Gasteiger partial charge in [-0.25, -0.2) is 4.99 Å². The number of nitriles is 1. The molecule has 2 unspecified atom stereocenters. The van der Waals surface area contributed by atoms with E-state index in [4.69, 9.17) is 19.1 Å². The van der Waals surface area contributed by atoms with Crippen molar-refractivity contribution >= 4 is 66.6 Å². The van der Waals surface area contributed by atoms with Gasteiger partial charge in [-0.2, -0.15) is 5.26 Å². The zero-order valence-corrected chi connectivity index (χ0v) is 33.6. The summed E-state index contributed by atoms with van der Waals surface area (Å²) in [4.78, 5) is 10.1. The van der Waals surface area contributed by atoms with Crippen molar-refractivity contribution in [2.24, 2.45) is 15.9 Å². The standard InChI is InChI=1S/C54H42N4O2/c1-4-6-16-38-27-35(33-56-54(34(3)5-2)57-46(32-55)37-25-26-42-40-20-11-14-23-49(40)59-51(42)29-37)28-43(36-17-8-7-9-18-36)53(38)58-47-22-13-10-19-39(47)44-31-52-45(30-48(44)58)41-21-12-15-24-50(41)60-52/h4-25,28-31,38,42H,1,26-27,33H2,2-3H3/b16-6+,34-5+,56-54-,57-46+. The molecule has 60 heavy (non-hydrogen) atoms. The van der Waals surface area contributed by atoms with Gasteiger partial charge in [0, 0.05) is 55.8 Å². The summed E-state index contributed by atoms with van der Waals surface area (Å²) in [6.45, 7) is 8.45. The number of ether oxygens (including phenoxy) is 1. The molecular formula is C54H42N4O2. The van der Waals surface area contributed by atoms with Gasteiger partial charge in [0.2, 0.25) is 0 Å². The summed E-state index contributed by atoms with van der Waals surface area (Å²) in [6.07, 6.45) is 16.0. The van der Waals surface area contributed by atoms with Crippen molar-refractivity contribution in [1.82, 2.24) is 4.57 Å². The van der Waals surface area contributed by atoms with E-state index in [1.165, 1.54) is 16.6 Å². The molecule has 5 aromatic carbocycles. The number of aromatic nitrogens is 1. The molecule has 7 aromatic rings. The summed E-state index contributed by atoms with van der Waals surface area (Å²) in [5.41, 5.74) is 11.8. The fraction of sp³-hybridized carbons (Fsp3) is 0.130. The molecule has 0 N–H and O–H groups in total. The molecule has 2 aromatic heterocycles. The van der Waals surface area contributed by atoms with Gasteiger partial charge in [0.15, 0.2) is 5.84 Å². The Kier molecular flexibility index (Phi) is 9.42. The van der Waals surface area contributed by atoms with E-state index in [-0.39, 0.29) is 11.8 Å². The lowest BCUT2D eigenvalue weighted by Gasteiger charge is -2.29. The van der Waals surface area contributed by atoms with Crippen molar-refractivity contribution in [3.8, 4) is 11.8 Å². The molecule has 0 fully saturated rings. The van der Waals surface area contributed by atoms with Gasteiger partial charge in [-0.1, -0.05) is 128 Å². The maximum atomic E-state index is 10.5. The second-order valence-corrected chi connectivity index (χ2v) is 15.5. The summed E-state index contributed by atoms with van der Waals surface area (Å²) in [5, 5.41) is 15.0. The predicted octanol–water partition coefficient (Wildman–Crippen LogP) is 13.5. The number of furan rings is 1. The molecule has 3 aliphatic rings. The minimum Gasteiger partial charge on any atom is -0.461 e. The molecular weight excluding hydrogens is 737 g/mol. The number of fused-ring (bicyclic) bond motifs is 9. The van der Waals surface area contributed by atoms with Gasteiger partial charge >= 0.3 is 0 Å². The average molecular weight is 779 g/mol. The highest BCUT2D eigenvalue weighted by Crippen LogP contribution is 2.47. The van der Waals surface area contributed by atoms with Crippen LogP contribution in [0.5, 0.6) is 5.75 Å². The van der Waals surface area contributed by atoms with Gasteiger partial charge in [-0.3, -0.25) is 4.99 Å². The highest BCUT2D eigenvalue weighted by molar-refractivity contribution is 6.20. The Labute approximate surface area is 349 Å². The van der Waals surface area contributed by atoms with Crippen LogP contribution in [0.15, 0.2) is 201 Å². The van der Waals surface area contributed by atoms with E-state index in [2.05, 4.69) is 126 Å². The van der Waals surface area contributed by atoms with Gasteiger partial charge in [0.1, 0.15) is 34.5 Å². The van der Waals surface area contributed by atoms with Gasteiger partial charge in [-0.05, 0) is 79.8 Å². The van der Waals surface area contributed by atoms with Crippen molar-refractivity contribution in [2.75, 3.05) is 6.54 Å². The van der Waals surface area contributed by atoms with Crippen molar-refractivity contribution in [1.29, 1.82) is 5.26 Å². The van der Waals surface area contributed by atoms with Crippen molar-refractivity contribution < 1.29 is 9.15 Å². The van der Waals surface area contributed by atoms with E-state index in [1.54, 1.807) is 0 Å². The van der Waals surface area contributed by atoms with Crippen molar-refractivity contribution in [3.05, 3.63) is 198 Å². The number of rotatable bonds is 8. The first kappa shape index (κ1) is 36.8. The highest BCUT2D eigenvalue weighted by Gasteiger charge is 2.32. The number of allylic oxidation sites excluding steroid dienone is 11. The van der Waals surface area contributed by atoms with E-state index in [1.807, 2.05) is 62.4 Å². The number of hydrogen-bond acceptors (Lipinski definition) is 4. The summed E-state index contributed by atoms with van der Waals surface area (Å²) in [5.74, 6) is 2.41. The van der Waals surface area contributed by atoms with E-state index >= 15 is 0 Å². The number of benzene rings is 5. The molecule has 1 aliphatic heterocycles. The molecule has 10 rings (SSSR count). The zero-order chi connectivity index (χ0) is 40.7. The Bertz CT molecular complexity index is 3200. The molecule has 3 heterocycles. The smallest absolute Gasteiger partial charge is 0.151 e. The Balaban J connectivity index is 1.11. The van der Waals surface area contributed by atoms with Crippen LogP contribution in [-0.4, -0.2) is 22.7 Å². The lowest BCUT2D eigenvalue weighted by molar-refractivity contribution is 0.425. The van der Waals surface area contributed by atoms with Gasteiger partial charge < -0.3 is 13.7 Å². The van der Waals surface area contributed by atoms with Crippen LogP contribution in [0.2, 0.25) is 0 Å². The quantitative estimate of drug-likeness (QED) is 0.0876. The van der Waals surface area contributed by atoms with E-state index in [0.29, 0.717) is 18.1 Å². The topological polar surface area (TPSA) is 75.8 Å². The molecule has 0 bridgehead atoms. The molecule has 0 saturated carbocycles. The predicted molar refractivity (Wildman–Crippen MR) is 247 cm³/mol. The van der Waals surface area contributed by atoms with Crippen LogP contribution in [-0.2, 0) is 0 Å². The first-order chi connectivity index (χ1) is 29.5. The molecule has 2 atom stereocenters. The van der Waals surface area contributed by atoms with Crippen molar-refractivity contribution in [3.63, 3.8) is 0 Å². The molecule has 0 spiro atoms. The zero-order valence-electron chi connectivity index (χ0n) is 33.6. The van der Waals surface area contributed by atoms with Crippen LogP contribution in [0.1, 0.15) is 43.7 Å². The fourth-order valence-electron chi connectivity index (χ4n) is 9.00. The highest BCUT2D eigenvalue weighted by atomic mass is 16.5. The third kappa shape index (κ3) is 6.36. The van der Waals surface area contributed by atoms with Crippen LogP contribution < -0.4 is 4.74 Å². The molecule has 0 saturated heterocycles. The number of nitrogens with zero attached hydrogens (tertiary/aromatic N) is 4. The van der Waals surface area contributed by atoms with Gasteiger partial charge in [-0.15, -0.1) is 0 Å². The Morgan fingerprint density at radius 3 is 2.48 bits per heavy atom. The van der Waals surface area contributed by atoms with Crippen LogP contribution in [0.4, 0.5) is 0 Å². The third-order valence-corrected chi connectivity index (χ3v) is 12.0. The number of amidine groups is 1. The van der Waals surface area contributed by atoms with Crippen LogP contribution in [0, 0.1) is 17.2 Å². The first-order valence-electron chi connectivity index (χ1n) is 20.5. The van der Waals surface area contributed by atoms with E-state index < -0.39 is 0 Å². The summed E-state index contributed by atoms with van der Waals surface area (Å²) >= 11 is 0. The number of hydrogen-bond donors (Lipinski definition) is 0. The van der Waals surface area contributed by atoms with Gasteiger partial charge in [0.05, 0.1) is 17.6 Å². The SMILES string of the molecule is C=C/C=C/C1CC(C/N=C(\N=C(/C#N)C2=CCC3C(=C2)Oc2ccccc23)C(/C)=C/C)=CC(c2ccccc2)=C1n1c2ccccc2c2cc3oc4ccccc4c3cc21. The lowest BCUT2D eigenvalue weighted by atomic mass is 9.83. The summed E-state index contributed by atoms with van der Waals surface area (Å²) in [6, 6.07) is 42.5.